The summed E-state index contributed by atoms with van der Waals surface area (Å²) in [5.41, 5.74) is 7.71. The second-order valence-corrected chi connectivity index (χ2v) is 5.02. The first-order chi connectivity index (χ1) is 10.0. The molecule has 112 valence electrons. The van der Waals surface area contributed by atoms with Gasteiger partial charge in [0.25, 0.3) is 0 Å². The average Bonchev–Trinajstić information content (AvgIpc) is 2.76. The lowest BCUT2D eigenvalue weighted by atomic mass is 10.2. The van der Waals surface area contributed by atoms with Crippen LogP contribution >= 0.6 is 0 Å². The van der Waals surface area contributed by atoms with Crippen molar-refractivity contribution in [3.8, 4) is 0 Å². The van der Waals surface area contributed by atoms with E-state index in [1.165, 1.54) is 4.57 Å². The highest BCUT2D eigenvalue weighted by Gasteiger charge is 2.09. The Morgan fingerprint density at radius 3 is 2.71 bits per heavy atom. The number of aryl methyl sites for hydroxylation is 2. The molecule has 0 aliphatic heterocycles. The third-order valence-electron chi connectivity index (χ3n) is 3.23. The first kappa shape index (κ1) is 14.9. The molecule has 6 heteroatoms. The number of aromatic nitrogens is 2. The topological polar surface area (TPSA) is 82.1 Å². The van der Waals surface area contributed by atoms with Crippen LogP contribution in [0.2, 0.25) is 0 Å². The summed E-state index contributed by atoms with van der Waals surface area (Å²) in [5.74, 6) is -0.250. The minimum absolute atomic E-state index is 0.0101. The number of nitrogen functional groups attached to an aromatic ring is 1. The highest BCUT2D eigenvalue weighted by molar-refractivity contribution is 5.91. The van der Waals surface area contributed by atoms with Crippen LogP contribution in [0.5, 0.6) is 0 Å². The number of rotatable bonds is 5. The van der Waals surface area contributed by atoms with Gasteiger partial charge in [0.05, 0.1) is 0 Å². The van der Waals surface area contributed by atoms with Crippen LogP contribution in [0.15, 0.2) is 35.4 Å². The van der Waals surface area contributed by atoms with Crippen LogP contribution in [0.1, 0.15) is 18.9 Å². The van der Waals surface area contributed by atoms with Crippen LogP contribution in [0.4, 0.5) is 11.4 Å². The maximum absolute atomic E-state index is 12.0. The van der Waals surface area contributed by atoms with Crippen molar-refractivity contribution < 1.29 is 4.79 Å². The molecule has 0 saturated heterocycles. The molecular weight excluding hydrogens is 268 g/mol. The molecule has 21 heavy (non-hydrogen) atoms. The van der Waals surface area contributed by atoms with Crippen LogP contribution in [0.25, 0.3) is 0 Å². The fourth-order valence-corrected chi connectivity index (χ4v) is 2.10. The predicted molar refractivity (Wildman–Crippen MR) is 83.2 cm³/mol. The monoisotopic (exact) mass is 288 g/mol. The van der Waals surface area contributed by atoms with E-state index in [0.29, 0.717) is 17.9 Å². The Morgan fingerprint density at radius 1 is 1.29 bits per heavy atom. The number of nitrogens with zero attached hydrogens (tertiary/aromatic N) is 2. The molecular formula is C15H20N4O2. The summed E-state index contributed by atoms with van der Waals surface area (Å²) in [6.45, 7) is 4.53. The van der Waals surface area contributed by atoms with E-state index in [9.17, 15) is 9.59 Å². The molecule has 1 aromatic carbocycles. The molecule has 0 fully saturated rings. The van der Waals surface area contributed by atoms with Gasteiger partial charge < -0.3 is 11.1 Å². The Morgan fingerprint density at radius 2 is 2.00 bits per heavy atom. The van der Waals surface area contributed by atoms with Gasteiger partial charge in [-0.2, -0.15) is 0 Å². The van der Waals surface area contributed by atoms with E-state index >= 15 is 0 Å². The molecule has 0 bridgehead atoms. The molecule has 0 unspecified atom stereocenters. The van der Waals surface area contributed by atoms with Crippen molar-refractivity contribution in [3.05, 3.63) is 46.6 Å². The number of nitrogens with one attached hydrogen (secondary N) is 1. The van der Waals surface area contributed by atoms with Crippen molar-refractivity contribution in [2.75, 3.05) is 11.1 Å². The summed E-state index contributed by atoms with van der Waals surface area (Å²) in [4.78, 5) is 24.0. The van der Waals surface area contributed by atoms with Crippen molar-refractivity contribution in [2.24, 2.45) is 0 Å². The minimum atomic E-state index is -0.250. The summed E-state index contributed by atoms with van der Waals surface area (Å²) in [5, 5.41) is 2.78. The van der Waals surface area contributed by atoms with E-state index in [-0.39, 0.29) is 18.1 Å². The van der Waals surface area contributed by atoms with Crippen molar-refractivity contribution in [1.29, 1.82) is 0 Å². The number of imidazole rings is 1. The molecule has 3 N–H and O–H groups in total. The number of hydrogen-bond acceptors (Lipinski definition) is 3. The van der Waals surface area contributed by atoms with E-state index in [0.717, 1.165) is 12.0 Å². The molecule has 6 nitrogen and oxygen atoms in total. The number of nitrogens with two attached hydrogens (primary N) is 1. The van der Waals surface area contributed by atoms with Crippen molar-refractivity contribution >= 4 is 17.3 Å². The molecule has 0 aliphatic rings. The minimum Gasteiger partial charge on any atom is -0.399 e. The zero-order valence-electron chi connectivity index (χ0n) is 12.3. The first-order valence-electron chi connectivity index (χ1n) is 6.93. The third-order valence-corrected chi connectivity index (χ3v) is 3.23. The van der Waals surface area contributed by atoms with E-state index in [1.807, 2.05) is 19.9 Å². The Labute approximate surface area is 123 Å². The zero-order chi connectivity index (χ0) is 15.4. The molecule has 0 saturated carbocycles. The van der Waals surface area contributed by atoms with Crippen LogP contribution < -0.4 is 16.7 Å². The fourth-order valence-electron chi connectivity index (χ4n) is 2.10. The molecule has 0 atom stereocenters. The Bertz CT molecular complexity index is 700. The predicted octanol–water partition coefficient (Wildman–Crippen LogP) is 1.59. The molecule has 2 rings (SSSR count). The van der Waals surface area contributed by atoms with Gasteiger partial charge in [0.15, 0.2) is 0 Å². The smallest absolute Gasteiger partial charge is 0.328 e. The summed E-state index contributed by atoms with van der Waals surface area (Å²) >= 11 is 0. The lowest BCUT2D eigenvalue weighted by Crippen LogP contribution is -2.29. The van der Waals surface area contributed by atoms with Crippen molar-refractivity contribution in [2.45, 2.75) is 33.4 Å². The van der Waals surface area contributed by atoms with Gasteiger partial charge in [-0.25, -0.2) is 4.79 Å². The lowest BCUT2D eigenvalue weighted by Gasteiger charge is -2.09. The second-order valence-electron chi connectivity index (χ2n) is 5.02. The molecule has 2 aromatic rings. The van der Waals surface area contributed by atoms with E-state index in [2.05, 4.69) is 5.32 Å². The average molecular weight is 288 g/mol. The quantitative estimate of drug-likeness (QED) is 0.820. The normalized spacial score (nSPS) is 10.6. The van der Waals surface area contributed by atoms with Gasteiger partial charge in [-0.1, -0.05) is 13.0 Å². The van der Waals surface area contributed by atoms with E-state index in [1.54, 1.807) is 29.1 Å². The molecule has 1 amide bonds. The number of amides is 1. The van der Waals surface area contributed by atoms with E-state index < -0.39 is 0 Å². The second kappa shape index (κ2) is 6.30. The maximum Gasteiger partial charge on any atom is 0.328 e. The largest absolute Gasteiger partial charge is 0.399 e. The van der Waals surface area contributed by atoms with Gasteiger partial charge in [0.2, 0.25) is 5.91 Å². The molecule has 0 spiro atoms. The van der Waals surface area contributed by atoms with Gasteiger partial charge in [-0.3, -0.25) is 13.9 Å². The fraction of sp³-hybridized carbons (Fsp3) is 0.333. The Balaban J connectivity index is 2.08. The highest BCUT2D eigenvalue weighted by Crippen LogP contribution is 2.17. The van der Waals surface area contributed by atoms with Gasteiger partial charge in [0.1, 0.15) is 6.54 Å². The summed E-state index contributed by atoms with van der Waals surface area (Å²) in [6.07, 6.45) is 4.20. The highest BCUT2D eigenvalue weighted by atomic mass is 16.2. The Hall–Kier alpha value is -2.50. The standard InChI is InChI=1S/C15H20N4O2/c1-3-6-18-7-8-19(15(18)21)10-14(20)17-13-9-12(16)5-4-11(13)2/h4-5,7-9H,3,6,10,16H2,1-2H3,(H,17,20). The molecule has 0 aliphatic carbocycles. The van der Waals surface area contributed by atoms with Crippen LogP contribution in [0, 0.1) is 6.92 Å². The molecule has 1 aromatic heterocycles. The zero-order valence-corrected chi connectivity index (χ0v) is 12.3. The molecule has 0 radical (unpaired) electrons. The first-order valence-corrected chi connectivity index (χ1v) is 6.93. The summed E-state index contributed by atoms with van der Waals surface area (Å²) in [6, 6.07) is 5.33. The van der Waals surface area contributed by atoms with E-state index in [4.69, 9.17) is 5.73 Å². The van der Waals surface area contributed by atoms with Gasteiger partial charge >= 0.3 is 5.69 Å². The van der Waals surface area contributed by atoms with Crippen LogP contribution in [-0.4, -0.2) is 15.0 Å². The van der Waals surface area contributed by atoms with Crippen molar-refractivity contribution in [3.63, 3.8) is 0 Å². The van der Waals surface area contributed by atoms with Gasteiger partial charge in [-0.15, -0.1) is 0 Å². The summed E-state index contributed by atoms with van der Waals surface area (Å²) in [7, 11) is 0. The third kappa shape index (κ3) is 3.53. The van der Waals surface area contributed by atoms with Crippen LogP contribution in [-0.2, 0) is 17.9 Å². The maximum atomic E-state index is 12.0. The van der Waals surface area contributed by atoms with Crippen LogP contribution in [0.3, 0.4) is 0 Å². The molecule has 1 heterocycles. The Kier molecular flexibility index (Phi) is 4.47. The number of carbonyl (C=O) groups excluding carboxylic acids is 1. The van der Waals surface area contributed by atoms with Crippen molar-refractivity contribution in [1.82, 2.24) is 9.13 Å². The van der Waals surface area contributed by atoms with Gasteiger partial charge in [0, 0.05) is 30.3 Å². The number of anilines is 2. The number of carbonyl (C=O) groups is 1. The number of hydrogen-bond donors (Lipinski definition) is 2. The number of benzene rings is 1. The SMILES string of the molecule is CCCn1ccn(CC(=O)Nc2cc(N)ccc2C)c1=O. The lowest BCUT2D eigenvalue weighted by molar-refractivity contribution is -0.116. The van der Waals surface area contributed by atoms with Gasteiger partial charge in [-0.05, 0) is 31.0 Å². The summed E-state index contributed by atoms with van der Waals surface area (Å²) < 4.78 is 2.99.